The molecule has 1 N–H and O–H groups in total. The SMILES string of the molecule is CC1=NN([C@H]2CCS(=O)(=O)C2)C(=O)[C@H]1C(=O)Nc1nccs1. The summed E-state index contributed by atoms with van der Waals surface area (Å²) in [6.07, 6.45) is 1.90. The Morgan fingerprint density at radius 1 is 1.50 bits per heavy atom. The molecule has 0 radical (unpaired) electrons. The van der Waals surface area contributed by atoms with Crippen LogP contribution in [-0.4, -0.2) is 53.5 Å². The molecule has 0 aromatic carbocycles. The van der Waals surface area contributed by atoms with Gasteiger partial charge in [-0.05, 0) is 13.3 Å². The summed E-state index contributed by atoms with van der Waals surface area (Å²) in [7, 11) is -3.12. The van der Waals surface area contributed by atoms with Crippen LogP contribution >= 0.6 is 11.3 Å². The standard InChI is InChI=1S/C12H14N4O4S2/c1-7-9(10(17)14-12-13-3-4-21-12)11(18)16(15-7)8-2-5-22(19,20)6-8/h3-4,8-9H,2,5-6H2,1H3,(H,13,14,17)/t8-,9+/m0/s1. The van der Waals surface area contributed by atoms with Crippen LogP contribution in [0.2, 0.25) is 0 Å². The lowest BCUT2D eigenvalue weighted by Gasteiger charge is -2.19. The number of amides is 2. The fourth-order valence-electron chi connectivity index (χ4n) is 2.58. The van der Waals surface area contributed by atoms with E-state index in [0.717, 1.165) is 5.01 Å². The average Bonchev–Trinajstić information content (AvgIpc) is 3.10. The Balaban J connectivity index is 1.74. The summed E-state index contributed by atoms with van der Waals surface area (Å²) in [6, 6.07) is -0.481. The first-order valence-electron chi connectivity index (χ1n) is 6.66. The van der Waals surface area contributed by atoms with E-state index in [1.807, 2.05) is 0 Å². The predicted molar refractivity (Wildman–Crippen MR) is 81.2 cm³/mol. The summed E-state index contributed by atoms with van der Waals surface area (Å²) in [5, 5.41) is 9.96. The molecule has 118 valence electrons. The molecule has 1 aromatic heterocycles. The number of aromatic nitrogens is 1. The van der Waals surface area contributed by atoms with Gasteiger partial charge in [-0.2, -0.15) is 5.10 Å². The van der Waals surface area contributed by atoms with Crippen molar-refractivity contribution in [1.82, 2.24) is 9.99 Å². The number of thiazole rings is 1. The van der Waals surface area contributed by atoms with Crippen LogP contribution in [0.1, 0.15) is 13.3 Å². The zero-order valence-electron chi connectivity index (χ0n) is 11.7. The minimum atomic E-state index is -3.12. The lowest BCUT2D eigenvalue weighted by atomic mass is 10.0. The lowest BCUT2D eigenvalue weighted by molar-refractivity contribution is -0.137. The quantitative estimate of drug-likeness (QED) is 0.784. The molecule has 3 heterocycles. The maximum Gasteiger partial charge on any atom is 0.261 e. The van der Waals surface area contributed by atoms with E-state index < -0.39 is 33.6 Å². The van der Waals surface area contributed by atoms with Crippen molar-refractivity contribution in [3.63, 3.8) is 0 Å². The second-order valence-corrected chi connectivity index (χ2v) is 8.36. The molecule has 8 nitrogen and oxygen atoms in total. The monoisotopic (exact) mass is 342 g/mol. The number of sulfone groups is 1. The first-order valence-corrected chi connectivity index (χ1v) is 9.36. The van der Waals surface area contributed by atoms with Crippen molar-refractivity contribution in [3.8, 4) is 0 Å². The van der Waals surface area contributed by atoms with Crippen molar-refractivity contribution >= 4 is 43.8 Å². The average molecular weight is 342 g/mol. The molecule has 2 amide bonds. The van der Waals surface area contributed by atoms with Gasteiger partial charge in [0.05, 0.1) is 23.3 Å². The van der Waals surface area contributed by atoms with E-state index in [1.165, 1.54) is 11.3 Å². The van der Waals surface area contributed by atoms with Crippen LogP contribution in [0, 0.1) is 5.92 Å². The number of rotatable bonds is 3. The highest BCUT2D eigenvalue weighted by atomic mass is 32.2. The van der Waals surface area contributed by atoms with Gasteiger partial charge >= 0.3 is 0 Å². The third-order valence-corrected chi connectivity index (χ3v) is 6.07. The van der Waals surface area contributed by atoms with Gasteiger partial charge in [0.2, 0.25) is 5.91 Å². The van der Waals surface area contributed by atoms with Crippen molar-refractivity contribution in [1.29, 1.82) is 0 Å². The van der Waals surface area contributed by atoms with Gasteiger partial charge in [0.1, 0.15) is 0 Å². The van der Waals surface area contributed by atoms with Crippen molar-refractivity contribution in [2.24, 2.45) is 11.0 Å². The Morgan fingerprint density at radius 2 is 2.27 bits per heavy atom. The van der Waals surface area contributed by atoms with Gasteiger partial charge in [-0.25, -0.2) is 18.4 Å². The zero-order valence-corrected chi connectivity index (χ0v) is 13.4. The van der Waals surface area contributed by atoms with Gasteiger partial charge in [-0.3, -0.25) is 9.59 Å². The van der Waals surface area contributed by atoms with E-state index in [-0.39, 0.29) is 11.5 Å². The summed E-state index contributed by atoms with van der Waals surface area (Å²) in [4.78, 5) is 28.6. The van der Waals surface area contributed by atoms with Crippen LogP contribution in [0.4, 0.5) is 5.13 Å². The molecule has 10 heteroatoms. The van der Waals surface area contributed by atoms with Gasteiger partial charge in [0.25, 0.3) is 5.91 Å². The normalized spacial score (nSPS) is 27.0. The first-order chi connectivity index (χ1) is 10.4. The summed E-state index contributed by atoms with van der Waals surface area (Å²) in [6.45, 7) is 1.59. The van der Waals surface area contributed by atoms with E-state index in [2.05, 4.69) is 15.4 Å². The van der Waals surface area contributed by atoms with Gasteiger partial charge in [0.15, 0.2) is 20.9 Å². The topological polar surface area (TPSA) is 109 Å². The van der Waals surface area contributed by atoms with Gasteiger partial charge < -0.3 is 5.32 Å². The molecule has 1 aromatic rings. The van der Waals surface area contributed by atoms with Crippen LogP contribution in [0.15, 0.2) is 16.7 Å². The first kappa shape index (κ1) is 15.1. The minimum Gasteiger partial charge on any atom is -0.301 e. The second-order valence-electron chi connectivity index (χ2n) is 5.24. The van der Waals surface area contributed by atoms with E-state index >= 15 is 0 Å². The number of anilines is 1. The highest BCUT2D eigenvalue weighted by Gasteiger charge is 2.44. The van der Waals surface area contributed by atoms with Gasteiger partial charge in [-0.15, -0.1) is 11.3 Å². The molecule has 1 saturated heterocycles. The lowest BCUT2D eigenvalue weighted by Crippen LogP contribution is -2.40. The van der Waals surface area contributed by atoms with Gasteiger partial charge in [0, 0.05) is 11.6 Å². The number of nitrogens with one attached hydrogen (secondary N) is 1. The van der Waals surface area contributed by atoms with E-state index in [4.69, 9.17) is 0 Å². The van der Waals surface area contributed by atoms with Crippen LogP contribution in [0.25, 0.3) is 0 Å². The van der Waals surface area contributed by atoms with Crippen LogP contribution in [0.3, 0.4) is 0 Å². The molecular weight excluding hydrogens is 328 g/mol. The Morgan fingerprint density at radius 3 is 2.86 bits per heavy atom. The second kappa shape index (κ2) is 5.43. The zero-order chi connectivity index (χ0) is 15.9. The van der Waals surface area contributed by atoms with Crippen LogP contribution in [-0.2, 0) is 19.4 Å². The molecule has 0 bridgehead atoms. The molecule has 0 unspecified atom stereocenters. The Kier molecular flexibility index (Phi) is 3.73. The fraction of sp³-hybridized carbons (Fsp3) is 0.500. The molecule has 22 heavy (non-hydrogen) atoms. The molecule has 2 aliphatic rings. The Labute approximate surface area is 131 Å². The molecule has 2 atom stereocenters. The molecule has 1 fully saturated rings. The number of nitrogens with zero attached hydrogens (tertiary/aromatic N) is 3. The molecule has 0 saturated carbocycles. The minimum absolute atomic E-state index is 0.0476. The number of hydrogen-bond acceptors (Lipinski definition) is 7. The van der Waals surface area contributed by atoms with Gasteiger partial charge in [-0.1, -0.05) is 0 Å². The number of carbonyl (C=O) groups is 2. The molecule has 0 aliphatic carbocycles. The maximum absolute atomic E-state index is 12.4. The van der Waals surface area contributed by atoms with Crippen molar-refractivity contribution in [3.05, 3.63) is 11.6 Å². The summed E-state index contributed by atoms with van der Waals surface area (Å²) in [5.74, 6) is -2.05. The molecule has 0 spiro atoms. The van der Waals surface area contributed by atoms with Crippen LogP contribution < -0.4 is 5.32 Å². The smallest absolute Gasteiger partial charge is 0.261 e. The number of hydrazone groups is 1. The highest BCUT2D eigenvalue weighted by molar-refractivity contribution is 7.91. The molecule has 2 aliphatic heterocycles. The summed E-state index contributed by atoms with van der Waals surface area (Å²) in [5.41, 5.74) is 0.364. The molecule has 3 rings (SSSR count). The van der Waals surface area contributed by atoms with E-state index in [1.54, 1.807) is 18.5 Å². The third-order valence-electron chi connectivity index (χ3n) is 3.63. The summed E-state index contributed by atoms with van der Waals surface area (Å²) < 4.78 is 23.1. The Bertz CT molecular complexity index is 741. The van der Waals surface area contributed by atoms with Crippen molar-refractivity contribution < 1.29 is 18.0 Å². The third kappa shape index (κ3) is 2.75. The van der Waals surface area contributed by atoms with Crippen molar-refractivity contribution in [2.75, 3.05) is 16.8 Å². The highest BCUT2D eigenvalue weighted by Crippen LogP contribution is 2.26. The summed E-state index contributed by atoms with van der Waals surface area (Å²) >= 11 is 1.25. The Hall–Kier alpha value is -1.81. The van der Waals surface area contributed by atoms with Crippen molar-refractivity contribution in [2.45, 2.75) is 19.4 Å². The van der Waals surface area contributed by atoms with E-state index in [0.29, 0.717) is 17.3 Å². The largest absolute Gasteiger partial charge is 0.301 e. The number of hydrogen-bond donors (Lipinski definition) is 1. The predicted octanol–water partition coefficient (Wildman–Crippen LogP) is 0.103. The molecular formula is C12H14N4O4S2. The fourth-order valence-corrected chi connectivity index (χ4v) is 4.81. The van der Waals surface area contributed by atoms with E-state index in [9.17, 15) is 18.0 Å². The number of carbonyl (C=O) groups excluding carboxylic acids is 2. The maximum atomic E-state index is 12.4. The van der Waals surface area contributed by atoms with Crippen LogP contribution in [0.5, 0.6) is 0 Å².